The lowest BCUT2D eigenvalue weighted by Crippen LogP contribution is -2.26. The minimum Gasteiger partial charge on any atom is -0.387 e. The number of benzene rings is 2. The first-order chi connectivity index (χ1) is 17.0. The van der Waals surface area contributed by atoms with Gasteiger partial charge in [0.1, 0.15) is 6.61 Å². The zero-order valence-corrected chi connectivity index (χ0v) is 20.8. The van der Waals surface area contributed by atoms with E-state index in [9.17, 15) is 22.0 Å². The van der Waals surface area contributed by atoms with Crippen molar-refractivity contribution in [3.05, 3.63) is 48.3 Å². The third-order valence-electron chi connectivity index (χ3n) is 6.21. The Kier molecular flexibility index (Phi) is 7.30. The predicted molar refractivity (Wildman–Crippen MR) is 131 cm³/mol. The standard InChI is InChI=1S/C24H28F2N4O5S/c1-24(25,26)23-28-20-13-18(5-8-21(20)30(23)14-16-9-11-35-12-10-16)29(2)36(33,34)19-6-3-17(4-7-19)27-22(32)15-31/h3-8,13,16,31H,9-12,14-15H2,1-2H3,(H,27,32). The second-order valence-corrected chi connectivity index (χ2v) is 10.8. The number of sulfonamides is 1. The molecule has 4 rings (SSSR count). The topological polar surface area (TPSA) is 114 Å². The van der Waals surface area contributed by atoms with Crippen LogP contribution in [-0.2, 0) is 32.0 Å². The Balaban J connectivity index is 1.65. The second-order valence-electron chi connectivity index (χ2n) is 8.87. The number of fused-ring (bicyclic) bond motifs is 1. The van der Waals surface area contributed by atoms with Gasteiger partial charge in [-0.15, -0.1) is 0 Å². The molecule has 1 amide bonds. The Morgan fingerprint density at radius 3 is 2.50 bits per heavy atom. The predicted octanol–water partition coefficient (Wildman–Crippen LogP) is 3.33. The summed E-state index contributed by atoms with van der Waals surface area (Å²) < 4.78 is 63.3. The van der Waals surface area contributed by atoms with Gasteiger partial charge in [-0.2, -0.15) is 8.78 Å². The molecule has 36 heavy (non-hydrogen) atoms. The summed E-state index contributed by atoms with van der Waals surface area (Å²) >= 11 is 0. The molecule has 3 aromatic rings. The van der Waals surface area contributed by atoms with Gasteiger partial charge in [0.15, 0.2) is 5.82 Å². The summed E-state index contributed by atoms with van der Waals surface area (Å²) in [5.74, 6) is -3.96. The number of nitrogens with one attached hydrogen (secondary N) is 1. The molecular weight excluding hydrogens is 494 g/mol. The Labute approximate surface area is 207 Å². The van der Waals surface area contributed by atoms with Crippen molar-refractivity contribution < 1.29 is 31.8 Å². The van der Waals surface area contributed by atoms with Crippen molar-refractivity contribution in [2.75, 3.05) is 36.5 Å². The molecule has 1 aliphatic rings. The van der Waals surface area contributed by atoms with E-state index in [1.807, 2.05) is 0 Å². The number of anilines is 2. The zero-order valence-electron chi connectivity index (χ0n) is 19.9. The fraction of sp³-hybridized carbons (Fsp3) is 0.417. The van der Waals surface area contributed by atoms with Crippen molar-refractivity contribution >= 4 is 38.3 Å². The van der Waals surface area contributed by atoms with Gasteiger partial charge < -0.3 is 19.7 Å². The van der Waals surface area contributed by atoms with Crippen molar-refractivity contribution in [2.24, 2.45) is 5.92 Å². The molecule has 0 unspecified atom stereocenters. The van der Waals surface area contributed by atoms with E-state index in [4.69, 9.17) is 9.84 Å². The molecule has 2 aromatic carbocycles. The number of aromatic nitrogens is 2. The van der Waals surface area contributed by atoms with Gasteiger partial charge in [-0.25, -0.2) is 13.4 Å². The summed E-state index contributed by atoms with van der Waals surface area (Å²) in [4.78, 5) is 15.5. The lowest BCUT2D eigenvalue weighted by molar-refractivity contribution is -0.118. The highest BCUT2D eigenvalue weighted by molar-refractivity contribution is 7.92. The van der Waals surface area contributed by atoms with Crippen molar-refractivity contribution in [3.63, 3.8) is 0 Å². The largest absolute Gasteiger partial charge is 0.387 e. The van der Waals surface area contributed by atoms with Crippen LogP contribution in [0.5, 0.6) is 0 Å². The molecule has 2 N–H and O–H groups in total. The van der Waals surface area contributed by atoms with Crippen molar-refractivity contribution in [3.8, 4) is 0 Å². The van der Waals surface area contributed by atoms with Crippen LogP contribution in [0.15, 0.2) is 47.4 Å². The zero-order chi connectivity index (χ0) is 26.1. The first-order valence-corrected chi connectivity index (χ1v) is 12.9. The third-order valence-corrected chi connectivity index (χ3v) is 8.01. The van der Waals surface area contributed by atoms with Crippen LogP contribution in [0.2, 0.25) is 0 Å². The molecule has 2 heterocycles. The summed E-state index contributed by atoms with van der Waals surface area (Å²) in [6, 6.07) is 10.1. The number of aliphatic hydroxyl groups excluding tert-OH is 1. The molecule has 0 atom stereocenters. The number of alkyl halides is 2. The molecule has 194 valence electrons. The number of hydrogen-bond acceptors (Lipinski definition) is 6. The summed E-state index contributed by atoms with van der Waals surface area (Å²) in [6.45, 7) is 1.68. The van der Waals surface area contributed by atoms with Gasteiger partial charge in [-0.3, -0.25) is 9.10 Å². The van der Waals surface area contributed by atoms with Crippen LogP contribution in [-0.4, -0.2) is 55.9 Å². The molecule has 0 saturated carbocycles. The van der Waals surface area contributed by atoms with E-state index in [1.54, 1.807) is 12.1 Å². The maximum atomic E-state index is 14.5. The van der Waals surface area contributed by atoms with E-state index in [0.717, 1.165) is 24.1 Å². The van der Waals surface area contributed by atoms with Crippen LogP contribution in [0, 0.1) is 5.92 Å². The molecule has 0 bridgehead atoms. The Bertz CT molecular complexity index is 1350. The molecule has 0 spiro atoms. The molecule has 1 aromatic heterocycles. The van der Waals surface area contributed by atoms with Crippen LogP contribution in [0.3, 0.4) is 0 Å². The fourth-order valence-electron chi connectivity index (χ4n) is 4.23. The average Bonchev–Trinajstić information content (AvgIpc) is 3.22. The van der Waals surface area contributed by atoms with Crippen LogP contribution >= 0.6 is 0 Å². The summed E-state index contributed by atoms with van der Waals surface area (Å²) in [7, 11) is -2.62. The smallest absolute Gasteiger partial charge is 0.302 e. The maximum Gasteiger partial charge on any atom is 0.302 e. The summed E-state index contributed by atoms with van der Waals surface area (Å²) in [6.07, 6.45) is 1.55. The number of carbonyl (C=O) groups is 1. The Hall–Kier alpha value is -3.09. The van der Waals surface area contributed by atoms with E-state index < -0.39 is 28.5 Å². The fourth-order valence-corrected chi connectivity index (χ4v) is 5.42. The van der Waals surface area contributed by atoms with Gasteiger partial charge >= 0.3 is 5.92 Å². The van der Waals surface area contributed by atoms with Crippen LogP contribution in [0.1, 0.15) is 25.6 Å². The van der Waals surface area contributed by atoms with Gasteiger partial charge in [-0.1, -0.05) is 0 Å². The number of ether oxygens (including phenoxy) is 1. The lowest BCUT2D eigenvalue weighted by Gasteiger charge is -2.24. The van der Waals surface area contributed by atoms with Crippen molar-refractivity contribution in [2.45, 2.75) is 37.1 Å². The van der Waals surface area contributed by atoms with Crippen molar-refractivity contribution in [1.82, 2.24) is 9.55 Å². The highest BCUT2D eigenvalue weighted by atomic mass is 32.2. The van der Waals surface area contributed by atoms with Gasteiger partial charge in [0.25, 0.3) is 10.0 Å². The third kappa shape index (κ3) is 5.35. The number of nitrogens with zero attached hydrogens (tertiary/aromatic N) is 3. The van der Waals surface area contributed by atoms with E-state index in [1.165, 1.54) is 41.9 Å². The number of carbonyl (C=O) groups excluding carboxylic acids is 1. The van der Waals surface area contributed by atoms with Gasteiger partial charge in [0, 0.05) is 39.4 Å². The molecule has 0 radical (unpaired) electrons. The first-order valence-electron chi connectivity index (χ1n) is 11.5. The molecule has 1 saturated heterocycles. The Morgan fingerprint density at radius 1 is 1.22 bits per heavy atom. The monoisotopic (exact) mass is 522 g/mol. The molecule has 1 aliphatic heterocycles. The number of amides is 1. The molecule has 0 aliphatic carbocycles. The number of aliphatic hydroxyl groups is 1. The van der Waals surface area contributed by atoms with E-state index >= 15 is 0 Å². The summed E-state index contributed by atoms with van der Waals surface area (Å²) in [5.41, 5.74) is 1.39. The lowest BCUT2D eigenvalue weighted by atomic mass is 10.00. The number of hydrogen-bond donors (Lipinski definition) is 2. The number of imidazole rings is 1. The maximum absolute atomic E-state index is 14.5. The van der Waals surface area contributed by atoms with Crippen LogP contribution < -0.4 is 9.62 Å². The molecule has 9 nitrogen and oxygen atoms in total. The average molecular weight is 523 g/mol. The van der Waals surface area contributed by atoms with E-state index in [2.05, 4.69) is 10.3 Å². The van der Waals surface area contributed by atoms with E-state index in [-0.39, 0.29) is 27.8 Å². The van der Waals surface area contributed by atoms with Gasteiger partial charge in [0.2, 0.25) is 5.91 Å². The quantitative estimate of drug-likeness (QED) is 0.469. The minimum atomic E-state index is -3.99. The SMILES string of the molecule is CN(c1ccc2c(c1)nc(C(C)(F)F)n2CC1CCOCC1)S(=O)(=O)c1ccc(NC(=O)CO)cc1. The first kappa shape index (κ1) is 26.0. The van der Waals surface area contributed by atoms with Crippen molar-refractivity contribution in [1.29, 1.82) is 0 Å². The number of rotatable bonds is 8. The minimum absolute atomic E-state index is 0.0297. The highest BCUT2D eigenvalue weighted by Gasteiger charge is 2.33. The van der Waals surface area contributed by atoms with Crippen LogP contribution in [0.4, 0.5) is 20.2 Å². The normalized spacial score (nSPS) is 15.2. The summed E-state index contributed by atoms with van der Waals surface area (Å²) in [5, 5.41) is 11.3. The molecular formula is C24H28F2N4O5S. The molecule has 12 heteroatoms. The van der Waals surface area contributed by atoms with E-state index in [0.29, 0.717) is 31.0 Å². The van der Waals surface area contributed by atoms with Gasteiger partial charge in [-0.05, 0) is 61.2 Å². The second kappa shape index (κ2) is 10.1. The number of halogens is 2. The molecule has 1 fully saturated rings. The Morgan fingerprint density at radius 2 is 1.89 bits per heavy atom. The van der Waals surface area contributed by atoms with Gasteiger partial charge in [0.05, 0.1) is 21.6 Å². The van der Waals surface area contributed by atoms with Crippen LogP contribution in [0.25, 0.3) is 11.0 Å². The highest BCUT2D eigenvalue weighted by Crippen LogP contribution is 2.34.